The Morgan fingerprint density at radius 2 is 2.00 bits per heavy atom. The second-order valence-corrected chi connectivity index (χ2v) is 7.13. The van der Waals surface area contributed by atoms with Crippen LogP contribution in [0.5, 0.6) is 0 Å². The number of nitrogens with one attached hydrogen (secondary N) is 1. The van der Waals surface area contributed by atoms with Crippen LogP contribution in [0.25, 0.3) is 0 Å². The number of hydrogen-bond acceptors (Lipinski definition) is 4. The number of hydrogen-bond donors (Lipinski definition) is 2. The minimum absolute atomic E-state index is 0.00334. The molecule has 8 heteroatoms. The van der Waals surface area contributed by atoms with E-state index in [1.807, 2.05) is 0 Å². The molecule has 0 radical (unpaired) electrons. The summed E-state index contributed by atoms with van der Waals surface area (Å²) in [6, 6.07) is 6.82. The standard InChI is InChI=1S/C16H22N2O.C2HF3O2/c1-16-11-17-9-14(16)12-5-4-6-15(13(12)10-19-16)18-7-2-3-8-18;3-2(4,5)1(6)7/h4-6,14,17H,2-3,7-11H2,1H3;(H,6,7)/t14-,16-;/m1./s1. The second kappa shape index (κ2) is 7.08. The molecular formula is C18H23F3N2O3. The Morgan fingerprint density at radius 3 is 2.62 bits per heavy atom. The largest absolute Gasteiger partial charge is 0.490 e. The lowest BCUT2D eigenvalue weighted by Crippen LogP contribution is -2.40. The summed E-state index contributed by atoms with van der Waals surface area (Å²) in [6.07, 6.45) is -2.43. The molecule has 0 saturated carbocycles. The third-order valence-corrected chi connectivity index (χ3v) is 5.36. The van der Waals surface area contributed by atoms with Gasteiger partial charge >= 0.3 is 12.1 Å². The van der Waals surface area contributed by atoms with Gasteiger partial charge in [0.2, 0.25) is 0 Å². The van der Waals surface area contributed by atoms with Crippen molar-refractivity contribution < 1.29 is 27.8 Å². The lowest BCUT2D eigenvalue weighted by atomic mass is 9.81. The second-order valence-electron chi connectivity index (χ2n) is 7.13. The first-order valence-electron chi connectivity index (χ1n) is 8.74. The van der Waals surface area contributed by atoms with Crippen LogP contribution in [0.4, 0.5) is 18.9 Å². The predicted octanol–water partition coefficient (Wildman–Crippen LogP) is 2.90. The molecule has 4 rings (SSSR count). The summed E-state index contributed by atoms with van der Waals surface area (Å²) in [7, 11) is 0. The molecule has 0 amide bonds. The van der Waals surface area contributed by atoms with Gasteiger partial charge in [0.05, 0.1) is 12.2 Å². The maximum absolute atomic E-state index is 10.6. The molecule has 3 aliphatic heterocycles. The van der Waals surface area contributed by atoms with Crippen molar-refractivity contribution in [1.82, 2.24) is 5.32 Å². The van der Waals surface area contributed by atoms with Crippen molar-refractivity contribution >= 4 is 11.7 Å². The number of carbonyl (C=O) groups is 1. The van der Waals surface area contributed by atoms with Crippen LogP contribution in [0.3, 0.4) is 0 Å². The van der Waals surface area contributed by atoms with Crippen LogP contribution in [0.1, 0.15) is 36.8 Å². The van der Waals surface area contributed by atoms with Gasteiger partial charge < -0.3 is 20.1 Å². The fourth-order valence-corrected chi connectivity index (χ4v) is 3.96. The van der Waals surface area contributed by atoms with Gasteiger partial charge in [-0.2, -0.15) is 13.2 Å². The van der Waals surface area contributed by atoms with E-state index in [1.54, 1.807) is 0 Å². The zero-order valence-corrected chi connectivity index (χ0v) is 14.6. The number of alkyl halides is 3. The molecule has 5 nitrogen and oxygen atoms in total. The van der Waals surface area contributed by atoms with E-state index in [1.165, 1.54) is 42.7 Å². The van der Waals surface area contributed by atoms with Crippen molar-refractivity contribution in [2.45, 2.75) is 44.1 Å². The van der Waals surface area contributed by atoms with Crippen LogP contribution in [0.2, 0.25) is 0 Å². The van der Waals surface area contributed by atoms with Gasteiger partial charge in [-0.1, -0.05) is 12.1 Å². The Kier molecular flexibility index (Phi) is 5.16. The third kappa shape index (κ3) is 3.66. The minimum Gasteiger partial charge on any atom is -0.475 e. The number of aliphatic carboxylic acids is 1. The van der Waals surface area contributed by atoms with Crippen LogP contribution in [0, 0.1) is 0 Å². The highest BCUT2D eigenvalue weighted by molar-refractivity contribution is 5.73. The van der Waals surface area contributed by atoms with Crippen LogP contribution in [-0.2, 0) is 16.1 Å². The lowest BCUT2D eigenvalue weighted by Gasteiger charge is -2.38. The van der Waals surface area contributed by atoms with Crippen molar-refractivity contribution in [3.8, 4) is 0 Å². The molecular weight excluding hydrogens is 349 g/mol. The zero-order chi connectivity index (χ0) is 18.9. The molecule has 1 aromatic rings. The SMILES string of the molecule is C[C@@]12CNC[C@@H]1c1cccc(N3CCCC3)c1CO2.O=C(O)C(F)(F)F. The Labute approximate surface area is 150 Å². The highest BCUT2D eigenvalue weighted by atomic mass is 19.4. The Morgan fingerprint density at radius 1 is 1.35 bits per heavy atom. The number of carboxylic acids is 1. The first-order chi connectivity index (χ1) is 12.2. The minimum atomic E-state index is -5.08. The normalized spacial score (nSPS) is 27.4. The van der Waals surface area contributed by atoms with E-state index in [0.717, 1.165) is 19.7 Å². The topological polar surface area (TPSA) is 61.8 Å². The molecule has 2 fully saturated rings. The Hall–Kier alpha value is -1.80. The number of halogens is 3. The van der Waals surface area contributed by atoms with Gasteiger partial charge in [0.15, 0.2) is 0 Å². The molecule has 0 aromatic heterocycles. The molecule has 0 spiro atoms. The quantitative estimate of drug-likeness (QED) is 0.794. The number of nitrogens with zero attached hydrogens (tertiary/aromatic N) is 1. The number of benzene rings is 1. The average Bonchev–Trinajstić information content (AvgIpc) is 3.23. The van der Waals surface area contributed by atoms with Crippen molar-refractivity contribution in [1.29, 1.82) is 0 Å². The predicted molar refractivity (Wildman–Crippen MR) is 90.4 cm³/mol. The van der Waals surface area contributed by atoms with E-state index < -0.39 is 12.1 Å². The van der Waals surface area contributed by atoms with E-state index in [9.17, 15) is 13.2 Å². The van der Waals surface area contributed by atoms with Gasteiger partial charge in [-0.05, 0) is 31.4 Å². The fraction of sp³-hybridized carbons (Fsp3) is 0.611. The van der Waals surface area contributed by atoms with Crippen LogP contribution in [-0.4, -0.2) is 49.0 Å². The molecule has 2 saturated heterocycles. The first kappa shape index (κ1) is 19.0. The van der Waals surface area contributed by atoms with Crippen molar-refractivity contribution in [3.63, 3.8) is 0 Å². The third-order valence-electron chi connectivity index (χ3n) is 5.36. The van der Waals surface area contributed by atoms with Gasteiger partial charge in [-0.15, -0.1) is 0 Å². The molecule has 0 aliphatic carbocycles. The smallest absolute Gasteiger partial charge is 0.475 e. The van der Waals surface area contributed by atoms with Crippen molar-refractivity contribution in [2.24, 2.45) is 0 Å². The van der Waals surface area contributed by atoms with E-state index in [2.05, 4.69) is 35.3 Å². The summed E-state index contributed by atoms with van der Waals surface area (Å²) in [4.78, 5) is 11.4. The Bertz CT molecular complexity index is 674. The van der Waals surface area contributed by atoms with Crippen molar-refractivity contribution in [2.75, 3.05) is 31.1 Å². The maximum atomic E-state index is 10.6. The average molecular weight is 372 g/mol. The van der Waals surface area contributed by atoms with E-state index in [4.69, 9.17) is 14.6 Å². The lowest BCUT2D eigenvalue weighted by molar-refractivity contribution is -0.192. The van der Waals surface area contributed by atoms with Gasteiger partial charge in [0, 0.05) is 43.3 Å². The van der Waals surface area contributed by atoms with Crippen molar-refractivity contribution in [3.05, 3.63) is 29.3 Å². The summed E-state index contributed by atoms with van der Waals surface area (Å²) in [6.45, 7) is 7.46. The van der Waals surface area contributed by atoms with E-state index in [0.29, 0.717) is 5.92 Å². The fourth-order valence-electron chi connectivity index (χ4n) is 3.96. The Balaban J connectivity index is 0.000000242. The number of ether oxygens (including phenoxy) is 1. The number of anilines is 1. The monoisotopic (exact) mass is 372 g/mol. The van der Waals surface area contributed by atoms with Crippen LogP contribution in [0.15, 0.2) is 18.2 Å². The molecule has 144 valence electrons. The molecule has 3 aliphatic rings. The summed E-state index contributed by atoms with van der Waals surface area (Å²) >= 11 is 0. The molecule has 0 unspecified atom stereocenters. The molecule has 0 bridgehead atoms. The maximum Gasteiger partial charge on any atom is 0.490 e. The first-order valence-corrected chi connectivity index (χ1v) is 8.74. The summed E-state index contributed by atoms with van der Waals surface area (Å²) in [5.41, 5.74) is 4.37. The number of fused-ring (bicyclic) bond motifs is 3. The van der Waals surface area contributed by atoms with E-state index >= 15 is 0 Å². The molecule has 26 heavy (non-hydrogen) atoms. The number of carboxylic acid groups (broad SMARTS) is 1. The van der Waals surface area contributed by atoms with Gasteiger partial charge in [-0.25, -0.2) is 4.79 Å². The van der Waals surface area contributed by atoms with Gasteiger partial charge in [-0.3, -0.25) is 0 Å². The zero-order valence-electron chi connectivity index (χ0n) is 14.6. The molecule has 2 N–H and O–H groups in total. The number of rotatable bonds is 1. The molecule has 2 atom stereocenters. The summed E-state index contributed by atoms with van der Waals surface area (Å²) < 4.78 is 38.0. The highest BCUT2D eigenvalue weighted by Gasteiger charge is 2.45. The van der Waals surface area contributed by atoms with Crippen LogP contribution < -0.4 is 10.2 Å². The summed E-state index contributed by atoms with van der Waals surface area (Å²) in [5, 5.41) is 10.6. The van der Waals surface area contributed by atoms with E-state index in [-0.39, 0.29) is 5.60 Å². The molecule has 3 heterocycles. The molecule has 1 aromatic carbocycles. The highest BCUT2D eigenvalue weighted by Crippen LogP contribution is 2.44. The van der Waals surface area contributed by atoms with Gasteiger partial charge in [0.25, 0.3) is 0 Å². The summed E-state index contributed by atoms with van der Waals surface area (Å²) in [5.74, 6) is -2.24. The van der Waals surface area contributed by atoms with Gasteiger partial charge in [0.1, 0.15) is 0 Å². The van der Waals surface area contributed by atoms with Crippen LogP contribution >= 0.6 is 0 Å².